The van der Waals surface area contributed by atoms with Gasteiger partial charge in [0.05, 0.1) is 17.9 Å². The number of carbonyl (C=O) groups excluding carboxylic acids is 2. The van der Waals surface area contributed by atoms with Crippen LogP contribution in [0.2, 0.25) is 0 Å². The van der Waals surface area contributed by atoms with Crippen LogP contribution in [-0.4, -0.2) is 66.0 Å². The number of hydrogen-bond acceptors (Lipinski definition) is 4. The Morgan fingerprint density at radius 3 is 1.91 bits per heavy atom. The third kappa shape index (κ3) is 2.27. The molecule has 2 atom stereocenters. The maximum Gasteiger partial charge on any atom is 0.282 e. The topological polar surface area (TPSA) is 78.0 Å². The lowest BCUT2D eigenvalue weighted by Gasteiger charge is -2.43. The lowest BCUT2D eigenvalue weighted by atomic mass is 9.85. The molecule has 0 aromatic rings. The highest BCUT2D eigenvalue weighted by Crippen LogP contribution is 2.38. The zero-order valence-electron chi connectivity index (χ0n) is 12.9. The second kappa shape index (κ2) is 5.39. The average molecular weight is 339 g/mol. The van der Waals surface area contributed by atoms with Crippen LogP contribution in [0.5, 0.6) is 0 Å². The van der Waals surface area contributed by atoms with Gasteiger partial charge in [-0.25, -0.2) is 0 Å². The van der Waals surface area contributed by atoms with Gasteiger partial charge in [0.15, 0.2) is 0 Å². The summed E-state index contributed by atoms with van der Waals surface area (Å²) in [6.45, 7) is 1.62. The van der Waals surface area contributed by atoms with Gasteiger partial charge in [-0.05, 0) is 25.7 Å². The molecule has 3 aliphatic heterocycles. The Bertz CT molecular complexity index is 636. The summed E-state index contributed by atoms with van der Waals surface area (Å²) in [6.07, 6.45) is 6.95. The van der Waals surface area contributed by atoms with Crippen molar-refractivity contribution in [3.63, 3.8) is 0 Å². The summed E-state index contributed by atoms with van der Waals surface area (Å²) in [7, 11) is -3.42. The molecule has 23 heavy (non-hydrogen) atoms. The van der Waals surface area contributed by atoms with Crippen LogP contribution in [0.25, 0.3) is 0 Å². The van der Waals surface area contributed by atoms with Crippen molar-refractivity contribution in [3.05, 3.63) is 12.2 Å². The molecule has 0 bridgehead atoms. The fraction of sp³-hybridized carbons (Fsp3) is 0.733. The number of rotatable bonds is 3. The van der Waals surface area contributed by atoms with Gasteiger partial charge < -0.3 is 0 Å². The van der Waals surface area contributed by atoms with E-state index in [-0.39, 0.29) is 42.8 Å². The van der Waals surface area contributed by atoms with Crippen molar-refractivity contribution >= 4 is 22.0 Å². The fourth-order valence-electron chi connectivity index (χ4n) is 4.04. The molecule has 4 aliphatic rings. The Labute approximate surface area is 136 Å². The van der Waals surface area contributed by atoms with Crippen LogP contribution in [0, 0.1) is 11.8 Å². The van der Waals surface area contributed by atoms with Crippen molar-refractivity contribution in [2.45, 2.75) is 31.7 Å². The first-order valence-corrected chi connectivity index (χ1v) is 9.67. The Morgan fingerprint density at radius 2 is 1.39 bits per heavy atom. The molecule has 126 valence electrons. The normalized spacial score (nSPS) is 33.3. The van der Waals surface area contributed by atoms with Crippen LogP contribution < -0.4 is 0 Å². The molecule has 0 radical (unpaired) electrons. The first-order valence-electron chi connectivity index (χ1n) is 8.27. The standard InChI is InChI=1S/C15H21N3O4S/c19-14-12-5-1-2-6-13(12)15(20)18(14)11-9-17(10-11)23(21,22)16-7-3-4-8-16/h1-2,11-13H,3-10H2/t12-,13-/m0/s1. The predicted octanol–water partition coefficient (Wildman–Crippen LogP) is -0.0376. The van der Waals surface area contributed by atoms with Gasteiger partial charge in [0.25, 0.3) is 10.2 Å². The Hall–Kier alpha value is -1.25. The second-order valence-corrected chi connectivity index (χ2v) is 8.72. The molecule has 0 N–H and O–H groups in total. The Balaban J connectivity index is 1.44. The van der Waals surface area contributed by atoms with E-state index in [0.717, 1.165) is 12.8 Å². The fourth-order valence-corrected chi connectivity index (χ4v) is 5.80. The number of carbonyl (C=O) groups is 2. The Morgan fingerprint density at radius 1 is 0.870 bits per heavy atom. The molecule has 1 aliphatic carbocycles. The molecule has 0 aromatic heterocycles. The van der Waals surface area contributed by atoms with Crippen molar-refractivity contribution in [2.24, 2.45) is 11.8 Å². The minimum atomic E-state index is -3.42. The minimum Gasteiger partial charge on any atom is -0.276 e. The summed E-state index contributed by atoms with van der Waals surface area (Å²) < 4.78 is 27.8. The maximum absolute atomic E-state index is 12.5. The highest BCUT2D eigenvalue weighted by molar-refractivity contribution is 7.86. The second-order valence-electron chi connectivity index (χ2n) is 6.79. The number of hydrogen-bond donors (Lipinski definition) is 0. The molecule has 0 unspecified atom stereocenters. The molecule has 7 nitrogen and oxygen atoms in total. The van der Waals surface area contributed by atoms with Gasteiger partial charge in [0.1, 0.15) is 0 Å². The van der Waals surface area contributed by atoms with Gasteiger partial charge >= 0.3 is 0 Å². The van der Waals surface area contributed by atoms with Crippen LogP contribution in [-0.2, 0) is 19.8 Å². The summed E-state index contributed by atoms with van der Waals surface area (Å²) in [5, 5.41) is 0. The number of imide groups is 1. The molecule has 0 saturated carbocycles. The van der Waals surface area contributed by atoms with E-state index in [1.807, 2.05) is 12.2 Å². The van der Waals surface area contributed by atoms with E-state index in [9.17, 15) is 18.0 Å². The number of nitrogens with zero attached hydrogens (tertiary/aromatic N) is 3. The largest absolute Gasteiger partial charge is 0.282 e. The van der Waals surface area contributed by atoms with Gasteiger partial charge in [-0.2, -0.15) is 17.0 Å². The van der Waals surface area contributed by atoms with Gasteiger partial charge in [-0.3, -0.25) is 14.5 Å². The van der Waals surface area contributed by atoms with Crippen molar-refractivity contribution < 1.29 is 18.0 Å². The maximum atomic E-state index is 12.5. The molecule has 4 rings (SSSR count). The lowest BCUT2D eigenvalue weighted by molar-refractivity contribution is -0.145. The summed E-state index contributed by atoms with van der Waals surface area (Å²) in [6, 6.07) is -0.294. The van der Waals surface area contributed by atoms with E-state index in [1.54, 1.807) is 0 Å². The first kappa shape index (κ1) is 15.3. The molecule has 3 heterocycles. The minimum absolute atomic E-state index is 0.118. The van der Waals surface area contributed by atoms with Crippen molar-refractivity contribution in [1.29, 1.82) is 0 Å². The van der Waals surface area contributed by atoms with E-state index < -0.39 is 10.2 Å². The third-order valence-electron chi connectivity index (χ3n) is 5.45. The van der Waals surface area contributed by atoms with Gasteiger partial charge in [-0.1, -0.05) is 12.2 Å². The molecular formula is C15H21N3O4S. The van der Waals surface area contributed by atoms with Crippen molar-refractivity contribution in [3.8, 4) is 0 Å². The summed E-state index contributed by atoms with van der Waals surface area (Å²) >= 11 is 0. The number of likely N-dealkylation sites (tertiary alicyclic amines) is 1. The van der Waals surface area contributed by atoms with Crippen LogP contribution in [0.3, 0.4) is 0 Å². The summed E-state index contributed by atoms with van der Waals surface area (Å²) in [4.78, 5) is 26.3. The van der Waals surface area contributed by atoms with E-state index in [4.69, 9.17) is 0 Å². The Kier molecular flexibility index (Phi) is 3.58. The smallest absolute Gasteiger partial charge is 0.276 e. The number of amides is 2. The van der Waals surface area contributed by atoms with E-state index in [1.165, 1.54) is 13.5 Å². The van der Waals surface area contributed by atoms with Gasteiger partial charge in [-0.15, -0.1) is 0 Å². The van der Waals surface area contributed by atoms with Gasteiger partial charge in [0, 0.05) is 26.2 Å². The highest BCUT2D eigenvalue weighted by atomic mass is 32.2. The van der Waals surface area contributed by atoms with E-state index in [2.05, 4.69) is 0 Å². The van der Waals surface area contributed by atoms with Crippen LogP contribution in [0.4, 0.5) is 0 Å². The quantitative estimate of drug-likeness (QED) is 0.534. The molecule has 3 fully saturated rings. The monoisotopic (exact) mass is 339 g/mol. The zero-order chi connectivity index (χ0) is 16.2. The first-order chi connectivity index (χ1) is 11.0. The van der Waals surface area contributed by atoms with Crippen molar-refractivity contribution in [2.75, 3.05) is 26.2 Å². The molecule has 2 amide bonds. The predicted molar refractivity (Wildman–Crippen MR) is 82.3 cm³/mol. The molecular weight excluding hydrogens is 318 g/mol. The molecule has 3 saturated heterocycles. The van der Waals surface area contributed by atoms with Crippen LogP contribution in [0.15, 0.2) is 12.2 Å². The van der Waals surface area contributed by atoms with Crippen LogP contribution in [0.1, 0.15) is 25.7 Å². The summed E-state index contributed by atoms with van der Waals surface area (Å²) in [5.41, 5.74) is 0. The molecule has 0 aromatic carbocycles. The third-order valence-corrected chi connectivity index (χ3v) is 7.42. The van der Waals surface area contributed by atoms with Gasteiger partial charge in [0.2, 0.25) is 11.8 Å². The van der Waals surface area contributed by atoms with E-state index in [0.29, 0.717) is 25.9 Å². The zero-order valence-corrected chi connectivity index (χ0v) is 13.7. The SMILES string of the molecule is O=C1[C@H]2CC=CC[C@@H]2C(=O)N1C1CN(S(=O)(=O)N2CCCC2)C1. The van der Waals surface area contributed by atoms with E-state index >= 15 is 0 Å². The lowest BCUT2D eigenvalue weighted by Crippen LogP contribution is -2.64. The number of fused-ring (bicyclic) bond motifs is 1. The van der Waals surface area contributed by atoms with Crippen molar-refractivity contribution in [1.82, 2.24) is 13.5 Å². The molecule has 0 spiro atoms. The number of allylic oxidation sites excluding steroid dienone is 2. The highest BCUT2D eigenvalue weighted by Gasteiger charge is 2.53. The molecule has 8 heteroatoms. The average Bonchev–Trinajstić information content (AvgIpc) is 3.10. The van der Waals surface area contributed by atoms with Crippen LogP contribution >= 0.6 is 0 Å². The summed E-state index contributed by atoms with van der Waals surface area (Å²) in [5.74, 6) is -0.714.